The van der Waals surface area contributed by atoms with Crippen LogP contribution in [0.15, 0.2) is 95.6 Å². The normalized spacial score (nSPS) is 11.8. The molecule has 0 spiro atoms. The van der Waals surface area contributed by atoms with E-state index in [0.29, 0.717) is 16.8 Å². The second-order valence-electron chi connectivity index (χ2n) is 9.68. The number of nitrogens with one attached hydrogen (secondary N) is 3. The molecule has 4 rings (SSSR count). The monoisotopic (exact) mass is 613 g/mol. The molecule has 4 N–H and O–H groups in total. The van der Waals surface area contributed by atoms with Gasteiger partial charge in [-0.15, -0.1) is 0 Å². The van der Waals surface area contributed by atoms with Gasteiger partial charge in [-0.3, -0.25) is 25.2 Å². The smallest absolute Gasteiger partial charge is 0.349 e. The van der Waals surface area contributed by atoms with Crippen LogP contribution in [0.4, 0.5) is 5.69 Å². The number of carboxylic acids is 1. The molecule has 0 saturated carbocycles. The largest absolute Gasteiger partial charge is 0.478 e. The highest BCUT2D eigenvalue weighted by Crippen LogP contribution is 2.16. The van der Waals surface area contributed by atoms with Crippen LogP contribution in [0.2, 0.25) is 0 Å². The van der Waals surface area contributed by atoms with Crippen LogP contribution < -0.4 is 16.2 Å². The molecule has 1 aromatic heterocycles. The van der Waals surface area contributed by atoms with Crippen LogP contribution in [0.3, 0.4) is 0 Å². The third kappa shape index (κ3) is 8.41. The number of benzene rings is 3. The zero-order valence-electron chi connectivity index (χ0n) is 23.9. The molecule has 0 aliphatic heterocycles. The third-order valence-electron chi connectivity index (χ3n) is 6.20. The third-order valence-corrected chi connectivity index (χ3v) is 6.20. The van der Waals surface area contributed by atoms with Crippen LogP contribution in [-0.2, 0) is 19.1 Å². The van der Waals surface area contributed by atoms with E-state index in [0.717, 1.165) is 0 Å². The Morgan fingerprint density at radius 1 is 0.667 bits per heavy atom. The summed E-state index contributed by atoms with van der Waals surface area (Å²) < 4.78 is 15.4. The number of esters is 2. The van der Waals surface area contributed by atoms with Gasteiger partial charge >= 0.3 is 17.9 Å². The molecular formula is C32H27N3O10. The van der Waals surface area contributed by atoms with Crippen molar-refractivity contribution in [2.75, 3.05) is 5.32 Å². The van der Waals surface area contributed by atoms with Gasteiger partial charge in [0.1, 0.15) is 0 Å². The number of amides is 3. The van der Waals surface area contributed by atoms with Crippen molar-refractivity contribution in [1.82, 2.24) is 10.9 Å². The zero-order chi connectivity index (χ0) is 32.5. The number of hydrogen-bond donors (Lipinski definition) is 4. The van der Waals surface area contributed by atoms with E-state index < -0.39 is 47.8 Å². The van der Waals surface area contributed by atoms with Crippen molar-refractivity contribution in [3.05, 3.63) is 125 Å². The fourth-order valence-electron chi connectivity index (χ4n) is 3.97. The Morgan fingerprint density at radius 3 is 1.76 bits per heavy atom. The zero-order valence-corrected chi connectivity index (χ0v) is 23.9. The molecule has 0 unspecified atom stereocenters. The lowest BCUT2D eigenvalue weighted by molar-refractivity contribution is -0.159. The molecule has 0 radical (unpaired) electrons. The molecule has 0 saturated heterocycles. The Kier molecular flexibility index (Phi) is 10.1. The first-order chi connectivity index (χ1) is 21.5. The van der Waals surface area contributed by atoms with Crippen molar-refractivity contribution < 1.29 is 47.8 Å². The molecular weight excluding hydrogens is 586 g/mol. The topological polar surface area (TPSA) is 190 Å². The van der Waals surface area contributed by atoms with Gasteiger partial charge in [0.25, 0.3) is 17.7 Å². The number of ether oxygens (including phenoxy) is 2. The minimum atomic E-state index is -2.29. The van der Waals surface area contributed by atoms with Crippen molar-refractivity contribution in [2.24, 2.45) is 0 Å². The minimum absolute atomic E-state index is 0.00233. The van der Waals surface area contributed by atoms with E-state index in [-0.39, 0.29) is 22.5 Å². The number of anilines is 1. The maximum Gasteiger partial charge on any atom is 0.349 e. The van der Waals surface area contributed by atoms with Gasteiger partial charge in [0, 0.05) is 11.3 Å². The lowest BCUT2D eigenvalue weighted by atomic mass is 10.1. The average molecular weight is 614 g/mol. The van der Waals surface area contributed by atoms with Crippen molar-refractivity contribution >= 4 is 41.3 Å². The Balaban J connectivity index is 1.49. The van der Waals surface area contributed by atoms with Crippen LogP contribution in [0.1, 0.15) is 52.8 Å². The molecule has 0 aliphatic rings. The molecule has 0 bridgehead atoms. The van der Waals surface area contributed by atoms with Crippen molar-refractivity contribution in [3.8, 4) is 0 Å². The maximum absolute atomic E-state index is 13.2. The summed E-state index contributed by atoms with van der Waals surface area (Å²) in [4.78, 5) is 76.0. The summed E-state index contributed by atoms with van der Waals surface area (Å²) in [6, 6.07) is 20.8. The van der Waals surface area contributed by atoms with Gasteiger partial charge < -0.3 is 24.3 Å². The van der Waals surface area contributed by atoms with Gasteiger partial charge in [-0.2, -0.15) is 0 Å². The van der Waals surface area contributed by atoms with Gasteiger partial charge in [0.2, 0.25) is 12.2 Å². The molecule has 45 heavy (non-hydrogen) atoms. The molecule has 3 amide bonds. The van der Waals surface area contributed by atoms with Crippen molar-refractivity contribution in [1.29, 1.82) is 0 Å². The van der Waals surface area contributed by atoms with E-state index >= 15 is 0 Å². The first kappa shape index (κ1) is 31.7. The molecule has 4 aromatic rings. The average Bonchev–Trinajstić information content (AvgIpc) is 3.57. The predicted octanol–water partition coefficient (Wildman–Crippen LogP) is 3.45. The number of hydrazine groups is 1. The summed E-state index contributed by atoms with van der Waals surface area (Å²) >= 11 is 0. The van der Waals surface area contributed by atoms with E-state index in [1.54, 1.807) is 44.2 Å². The molecule has 2 atom stereocenters. The van der Waals surface area contributed by atoms with Crippen LogP contribution in [0.25, 0.3) is 0 Å². The standard InChI is InChI=1S/C32H27N3O10/c1-18-6-3-8-21(16-18)31(41)44-25(26(30(39)40)45-32(42)22-9-4-7-19(2)17-22)29(38)35-34-27(36)20-11-13-23(14-12-20)33-28(37)24-10-5-15-43-24/h3-17,25-26H,1-2H3,(H,33,37)(H,34,36)(H,35,38)(H,39,40)/t25-,26-/m0/s1. The van der Waals surface area contributed by atoms with Gasteiger partial charge in [-0.25, -0.2) is 14.4 Å². The molecule has 1 heterocycles. The fraction of sp³-hybridized carbons (Fsp3) is 0.125. The van der Waals surface area contributed by atoms with Gasteiger partial charge in [-0.05, 0) is 74.5 Å². The summed E-state index contributed by atoms with van der Waals surface area (Å²) in [6.45, 7) is 3.41. The van der Waals surface area contributed by atoms with Gasteiger partial charge in [-0.1, -0.05) is 35.4 Å². The number of hydrogen-bond acceptors (Lipinski definition) is 9. The molecule has 0 fully saturated rings. The van der Waals surface area contributed by atoms with E-state index in [4.69, 9.17) is 13.9 Å². The van der Waals surface area contributed by atoms with Crippen LogP contribution >= 0.6 is 0 Å². The molecule has 13 nitrogen and oxygen atoms in total. The Bertz CT molecular complexity index is 1730. The SMILES string of the molecule is Cc1cccc(C(=O)O[C@H](C(=O)O)[C@H](OC(=O)c2cccc(C)c2)C(=O)NNC(=O)c2ccc(NC(=O)c3ccco3)cc2)c1. The predicted molar refractivity (Wildman–Crippen MR) is 157 cm³/mol. The van der Waals surface area contributed by atoms with E-state index in [9.17, 15) is 33.9 Å². The van der Waals surface area contributed by atoms with Gasteiger partial charge in [0.05, 0.1) is 17.4 Å². The number of carboxylic acid groups (broad SMARTS) is 1. The minimum Gasteiger partial charge on any atom is -0.478 e. The van der Waals surface area contributed by atoms with E-state index in [1.165, 1.54) is 60.9 Å². The van der Waals surface area contributed by atoms with Gasteiger partial charge in [0.15, 0.2) is 5.76 Å². The summed E-state index contributed by atoms with van der Waals surface area (Å²) in [5, 5.41) is 12.5. The lowest BCUT2D eigenvalue weighted by Gasteiger charge is -2.23. The number of furan rings is 1. The van der Waals surface area contributed by atoms with Crippen LogP contribution in [-0.4, -0.2) is 52.9 Å². The fourth-order valence-corrected chi connectivity index (χ4v) is 3.97. The Labute approximate surface area is 256 Å². The second kappa shape index (κ2) is 14.3. The highest BCUT2D eigenvalue weighted by Gasteiger charge is 2.41. The van der Waals surface area contributed by atoms with E-state index in [2.05, 4.69) is 10.7 Å². The number of aliphatic carboxylic acids is 1. The quantitative estimate of drug-likeness (QED) is 0.152. The summed E-state index contributed by atoms with van der Waals surface area (Å²) in [7, 11) is 0. The highest BCUT2D eigenvalue weighted by atomic mass is 16.6. The summed E-state index contributed by atoms with van der Waals surface area (Å²) in [5.41, 5.74) is 5.89. The number of rotatable bonds is 10. The van der Waals surface area contributed by atoms with Crippen LogP contribution in [0, 0.1) is 13.8 Å². The number of aryl methyl sites for hydroxylation is 2. The highest BCUT2D eigenvalue weighted by molar-refractivity contribution is 6.03. The first-order valence-corrected chi connectivity index (χ1v) is 13.3. The first-order valence-electron chi connectivity index (χ1n) is 13.3. The summed E-state index contributed by atoms with van der Waals surface area (Å²) in [5.74, 6) is -6.50. The lowest BCUT2D eigenvalue weighted by Crippen LogP contribution is -2.54. The molecule has 13 heteroatoms. The van der Waals surface area contributed by atoms with Crippen molar-refractivity contribution in [3.63, 3.8) is 0 Å². The van der Waals surface area contributed by atoms with Crippen LogP contribution in [0.5, 0.6) is 0 Å². The number of carbonyl (C=O) groups is 6. The Morgan fingerprint density at radius 2 is 1.24 bits per heavy atom. The number of carbonyl (C=O) groups excluding carboxylic acids is 5. The second-order valence-corrected chi connectivity index (χ2v) is 9.68. The summed E-state index contributed by atoms with van der Waals surface area (Å²) in [6.07, 6.45) is -3.16. The molecule has 0 aliphatic carbocycles. The Hall–Kier alpha value is -6.24. The van der Waals surface area contributed by atoms with E-state index in [1.807, 2.05) is 5.43 Å². The molecule has 230 valence electrons. The van der Waals surface area contributed by atoms with Crippen molar-refractivity contribution in [2.45, 2.75) is 26.1 Å². The molecule has 3 aromatic carbocycles. The maximum atomic E-state index is 13.2.